The predicted octanol–water partition coefficient (Wildman–Crippen LogP) is 1.97. The molecule has 0 saturated carbocycles. The van der Waals surface area contributed by atoms with Crippen LogP contribution < -0.4 is 16.0 Å². The van der Waals surface area contributed by atoms with Crippen LogP contribution in [0.2, 0.25) is 5.02 Å². The Bertz CT molecular complexity index is 513. The molecule has 1 aliphatic heterocycles. The number of halogens is 1. The number of hydrogen-bond donors (Lipinski definition) is 3. The van der Waals surface area contributed by atoms with Crippen molar-refractivity contribution in [2.75, 3.05) is 26.2 Å². The normalized spacial score (nSPS) is 15.2. The molecule has 2 rings (SSSR count). The number of hydrogen-bond acceptors (Lipinski definition) is 3. The third-order valence-electron chi connectivity index (χ3n) is 4.08. The van der Waals surface area contributed by atoms with Crippen LogP contribution in [0.3, 0.4) is 0 Å². The van der Waals surface area contributed by atoms with Gasteiger partial charge in [0.05, 0.1) is 0 Å². The van der Waals surface area contributed by atoms with Gasteiger partial charge in [0, 0.05) is 30.1 Å². The Kier molecular flexibility index (Phi) is 7.36. The van der Waals surface area contributed by atoms with Crippen LogP contribution in [0.15, 0.2) is 24.3 Å². The molecular formula is C17H24ClN3O2. The Labute approximate surface area is 142 Å². The van der Waals surface area contributed by atoms with Crippen LogP contribution >= 0.6 is 11.6 Å². The van der Waals surface area contributed by atoms with E-state index in [2.05, 4.69) is 16.0 Å². The number of piperidine rings is 1. The molecule has 0 spiro atoms. The van der Waals surface area contributed by atoms with Crippen molar-refractivity contribution in [2.24, 2.45) is 5.92 Å². The Balaban J connectivity index is 1.56. The minimum Gasteiger partial charge on any atom is -0.354 e. The molecule has 1 aromatic carbocycles. The fourth-order valence-electron chi connectivity index (χ4n) is 2.68. The van der Waals surface area contributed by atoms with Crippen LogP contribution in [0.4, 0.5) is 0 Å². The van der Waals surface area contributed by atoms with Gasteiger partial charge in [-0.1, -0.05) is 11.6 Å². The molecule has 126 valence electrons. The zero-order valence-corrected chi connectivity index (χ0v) is 14.0. The summed E-state index contributed by atoms with van der Waals surface area (Å²) in [7, 11) is 0. The maximum absolute atomic E-state index is 11.9. The number of nitrogens with one attached hydrogen (secondary N) is 3. The largest absolute Gasteiger partial charge is 0.354 e. The minimum atomic E-state index is -0.161. The molecule has 1 aromatic rings. The highest BCUT2D eigenvalue weighted by molar-refractivity contribution is 6.30. The van der Waals surface area contributed by atoms with Gasteiger partial charge in [-0.2, -0.15) is 0 Å². The molecule has 0 aliphatic carbocycles. The van der Waals surface area contributed by atoms with E-state index >= 15 is 0 Å². The first-order valence-corrected chi connectivity index (χ1v) is 8.54. The standard InChI is InChI=1S/C17H24ClN3O2/c18-15-4-2-14(3-5-15)17(23)21-12-11-20-16(22)6-1-13-7-9-19-10-8-13/h2-5,13,19H,1,6-12H2,(H,20,22)(H,21,23). The molecule has 0 atom stereocenters. The van der Waals surface area contributed by atoms with Crippen LogP contribution in [-0.4, -0.2) is 38.0 Å². The van der Waals surface area contributed by atoms with Crippen molar-refractivity contribution in [2.45, 2.75) is 25.7 Å². The van der Waals surface area contributed by atoms with Gasteiger partial charge < -0.3 is 16.0 Å². The molecule has 0 aromatic heterocycles. The number of carbonyl (C=O) groups excluding carboxylic acids is 2. The van der Waals surface area contributed by atoms with Crippen molar-refractivity contribution in [3.63, 3.8) is 0 Å². The summed E-state index contributed by atoms with van der Waals surface area (Å²) in [6.07, 6.45) is 3.83. The Hall–Kier alpha value is -1.59. The molecule has 0 radical (unpaired) electrons. The summed E-state index contributed by atoms with van der Waals surface area (Å²) in [6.45, 7) is 2.98. The van der Waals surface area contributed by atoms with Crippen molar-refractivity contribution in [3.8, 4) is 0 Å². The highest BCUT2D eigenvalue weighted by Gasteiger charge is 2.14. The van der Waals surface area contributed by atoms with Gasteiger partial charge in [-0.05, 0) is 62.5 Å². The smallest absolute Gasteiger partial charge is 0.251 e. The average Bonchev–Trinajstić information content (AvgIpc) is 2.58. The van der Waals surface area contributed by atoms with E-state index in [0.717, 1.165) is 32.4 Å². The molecule has 6 heteroatoms. The van der Waals surface area contributed by atoms with Crippen molar-refractivity contribution < 1.29 is 9.59 Å². The van der Waals surface area contributed by atoms with Gasteiger partial charge in [0.1, 0.15) is 0 Å². The Morgan fingerprint density at radius 3 is 2.43 bits per heavy atom. The lowest BCUT2D eigenvalue weighted by Gasteiger charge is -2.22. The lowest BCUT2D eigenvalue weighted by molar-refractivity contribution is -0.121. The number of benzene rings is 1. The molecule has 1 heterocycles. The number of amides is 2. The fourth-order valence-corrected chi connectivity index (χ4v) is 2.80. The summed E-state index contributed by atoms with van der Waals surface area (Å²) in [4.78, 5) is 23.6. The van der Waals surface area contributed by atoms with E-state index in [1.165, 1.54) is 0 Å². The third-order valence-corrected chi connectivity index (χ3v) is 4.33. The fraction of sp³-hybridized carbons (Fsp3) is 0.529. The van der Waals surface area contributed by atoms with E-state index in [0.29, 0.717) is 36.0 Å². The zero-order chi connectivity index (χ0) is 16.5. The maximum Gasteiger partial charge on any atom is 0.251 e. The molecule has 1 fully saturated rings. The van der Waals surface area contributed by atoms with Crippen molar-refractivity contribution in [1.82, 2.24) is 16.0 Å². The number of carbonyl (C=O) groups is 2. The quantitative estimate of drug-likeness (QED) is 0.666. The highest BCUT2D eigenvalue weighted by atomic mass is 35.5. The predicted molar refractivity (Wildman–Crippen MR) is 91.6 cm³/mol. The summed E-state index contributed by atoms with van der Waals surface area (Å²) < 4.78 is 0. The monoisotopic (exact) mass is 337 g/mol. The summed E-state index contributed by atoms with van der Waals surface area (Å²) in [5.41, 5.74) is 0.562. The van der Waals surface area contributed by atoms with Crippen molar-refractivity contribution in [1.29, 1.82) is 0 Å². The molecule has 1 aliphatic rings. The lowest BCUT2D eigenvalue weighted by atomic mass is 9.93. The Morgan fingerprint density at radius 1 is 1.09 bits per heavy atom. The minimum absolute atomic E-state index is 0.0595. The molecule has 5 nitrogen and oxygen atoms in total. The van der Waals surface area contributed by atoms with Gasteiger partial charge in [0.25, 0.3) is 5.91 Å². The summed E-state index contributed by atoms with van der Waals surface area (Å²) in [5, 5.41) is 9.54. The van der Waals surface area contributed by atoms with E-state index in [1.807, 2.05) is 0 Å². The Morgan fingerprint density at radius 2 is 1.74 bits per heavy atom. The van der Waals surface area contributed by atoms with Gasteiger partial charge in [-0.25, -0.2) is 0 Å². The van der Waals surface area contributed by atoms with Crippen molar-refractivity contribution in [3.05, 3.63) is 34.9 Å². The first-order chi connectivity index (χ1) is 11.1. The second-order valence-corrected chi connectivity index (χ2v) is 6.28. The molecule has 3 N–H and O–H groups in total. The summed E-state index contributed by atoms with van der Waals surface area (Å²) in [6, 6.07) is 6.71. The lowest BCUT2D eigenvalue weighted by Crippen LogP contribution is -2.35. The average molecular weight is 338 g/mol. The van der Waals surface area contributed by atoms with E-state index in [1.54, 1.807) is 24.3 Å². The number of rotatable bonds is 7. The highest BCUT2D eigenvalue weighted by Crippen LogP contribution is 2.17. The van der Waals surface area contributed by atoms with E-state index in [-0.39, 0.29) is 11.8 Å². The molecule has 0 bridgehead atoms. The second-order valence-electron chi connectivity index (χ2n) is 5.84. The van der Waals surface area contributed by atoms with Gasteiger partial charge in [0.2, 0.25) is 5.91 Å². The van der Waals surface area contributed by atoms with E-state index < -0.39 is 0 Å². The van der Waals surface area contributed by atoms with E-state index in [4.69, 9.17) is 11.6 Å². The van der Waals surface area contributed by atoms with Gasteiger partial charge >= 0.3 is 0 Å². The SMILES string of the molecule is O=C(CCC1CCNCC1)NCCNC(=O)c1ccc(Cl)cc1. The first kappa shape index (κ1) is 17.8. The first-order valence-electron chi connectivity index (χ1n) is 8.16. The third kappa shape index (κ3) is 6.59. The molecule has 1 saturated heterocycles. The molecule has 2 amide bonds. The van der Waals surface area contributed by atoms with Crippen LogP contribution in [0.25, 0.3) is 0 Å². The zero-order valence-electron chi connectivity index (χ0n) is 13.2. The van der Waals surface area contributed by atoms with Crippen molar-refractivity contribution >= 4 is 23.4 Å². The van der Waals surface area contributed by atoms with Crippen LogP contribution in [0, 0.1) is 5.92 Å². The maximum atomic E-state index is 11.9. The van der Waals surface area contributed by atoms with Crippen LogP contribution in [0.5, 0.6) is 0 Å². The second kappa shape index (κ2) is 9.53. The summed E-state index contributed by atoms with van der Waals surface area (Å²) in [5.74, 6) is 0.557. The van der Waals surface area contributed by atoms with Crippen LogP contribution in [-0.2, 0) is 4.79 Å². The molecule has 0 unspecified atom stereocenters. The molecular weight excluding hydrogens is 314 g/mol. The van der Waals surface area contributed by atoms with Gasteiger partial charge in [-0.3, -0.25) is 9.59 Å². The van der Waals surface area contributed by atoms with Crippen LogP contribution in [0.1, 0.15) is 36.0 Å². The summed E-state index contributed by atoms with van der Waals surface area (Å²) >= 11 is 5.78. The van der Waals surface area contributed by atoms with Gasteiger partial charge in [-0.15, -0.1) is 0 Å². The topological polar surface area (TPSA) is 70.2 Å². The molecule has 23 heavy (non-hydrogen) atoms. The van der Waals surface area contributed by atoms with Gasteiger partial charge in [0.15, 0.2) is 0 Å². The van der Waals surface area contributed by atoms with E-state index in [9.17, 15) is 9.59 Å².